The molecule has 0 bridgehead atoms. The van der Waals surface area contributed by atoms with Crippen molar-refractivity contribution < 1.29 is 8.42 Å². The van der Waals surface area contributed by atoms with Crippen molar-refractivity contribution in [2.45, 2.75) is 4.90 Å². The molecule has 1 aromatic carbocycles. The summed E-state index contributed by atoms with van der Waals surface area (Å²) in [4.78, 5) is 4.16. The van der Waals surface area contributed by atoms with Crippen LogP contribution < -0.4 is 0 Å². The molecule has 0 aromatic heterocycles. The molecular weight excluding hydrogens is 186 g/mol. The first-order valence-corrected chi connectivity index (χ1v) is 5.65. The Bertz CT molecular complexity index is 404. The summed E-state index contributed by atoms with van der Waals surface area (Å²) < 4.78 is 22.1. The van der Waals surface area contributed by atoms with Crippen LogP contribution in [0.1, 0.15) is 5.56 Å². The van der Waals surface area contributed by atoms with E-state index in [4.69, 9.17) is 0 Å². The highest BCUT2D eigenvalue weighted by molar-refractivity contribution is 7.90. The molecule has 1 rings (SSSR count). The molecule has 0 aliphatic rings. The van der Waals surface area contributed by atoms with Crippen molar-refractivity contribution in [3.05, 3.63) is 29.8 Å². The summed E-state index contributed by atoms with van der Waals surface area (Å²) in [6.07, 6.45) is 2.86. The fraction of sp³-hybridized carbons (Fsp3) is 0.222. The molecule has 70 valence electrons. The van der Waals surface area contributed by atoms with Crippen LogP contribution in [0, 0.1) is 0 Å². The van der Waals surface area contributed by atoms with Gasteiger partial charge < -0.3 is 0 Å². The summed E-state index contributed by atoms with van der Waals surface area (Å²) in [5, 5.41) is 0. The van der Waals surface area contributed by atoms with E-state index in [9.17, 15) is 8.42 Å². The predicted molar refractivity (Wildman–Crippen MR) is 53.1 cm³/mol. The van der Waals surface area contributed by atoms with Crippen LogP contribution in [-0.4, -0.2) is 27.9 Å². The maximum absolute atomic E-state index is 11.1. The second-order valence-electron chi connectivity index (χ2n) is 2.73. The Kier molecular flexibility index (Phi) is 2.83. The van der Waals surface area contributed by atoms with Crippen LogP contribution in [0.4, 0.5) is 0 Å². The topological polar surface area (TPSA) is 46.5 Å². The summed E-state index contributed by atoms with van der Waals surface area (Å²) >= 11 is 0. The van der Waals surface area contributed by atoms with E-state index in [1.54, 1.807) is 37.5 Å². The number of sulfone groups is 1. The van der Waals surface area contributed by atoms with E-state index in [2.05, 4.69) is 4.99 Å². The van der Waals surface area contributed by atoms with Gasteiger partial charge in [0.15, 0.2) is 9.84 Å². The first-order chi connectivity index (χ1) is 6.04. The zero-order valence-electron chi connectivity index (χ0n) is 7.56. The van der Waals surface area contributed by atoms with Gasteiger partial charge in [0.05, 0.1) is 4.90 Å². The Morgan fingerprint density at radius 1 is 1.23 bits per heavy atom. The van der Waals surface area contributed by atoms with Gasteiger partial charge in [-0.25, -0.2) is 8.42 Å². The third-order valence-electron chi connectivity index (χ3n) is 1.59. The standard InChI is InChI=1S/C9H11NO2S/c1-10-7-8-3-5-9(6-4-8)13(2,11)12/h3-7H,1-2H3/b10-7+. The maximum atomic E-state index is 11.1. The van der Waals surface area contributed by atoms with Gasteiger partial charge in [-0.2, -0.15) is 0 Å². The highest BCUT2D eigenvalue weighted by Crippen LogP contribution is 2.08. The SMILES string of the molecule is C/N=C/c1ccc(S(C)(=O)=O)cc1. The van der Waals surface area contributed by atoms with Crippen molar-refractivity contribution >= 4 is 16.1 Å². The zero-order valence-corrected chi connectivity index (χ0v) is 8.38. The van der Waals surface area contributed by atoms with E-state index in [1.807, 2.05) is 0 Å². The van der Waals surface area contributed by atoms with E-state index in [-0.39, 0.29) is 0 Å². The maximum Gasteiger partial charge on any atom is 0.175 e. The van der Waals surface area contributed by atoms with Gasteiger partial charge in [-0.15, -0.1) is 0 Å². The van der Waals surface area contributed by atoms with Crippen LogP contribution in [0.5, 0.6) is 0 Å². The minimum atomic E-state index is -3.08. The molecule has 0 spiro atoms. The van der Waals surface area contributed by atoms with Gasteiger partial charge in [0, 0.05) is 19.5 Å². The summed E-state index contributed by atoms with van der Waals surface area (Å²) in [5.74, 6) is 0. The fourth-order valence-corrected chi connectivity index (χ4v) is 1.58. The molecule has 0 unspecified atom stereocenters. The van der Waals surface area contributed by atoms with Crippen LogP contribution in [0.3, 0.4) is 0 Å². The Hall–Kier alpha value is -1.16. The predicted octanol–water partition coefficient (Wildman–Crippen LogP) is 1.14. The molecule has 0 radical (unpaired) electrons. The fourth-order valence-electron chi connectivity index (χ4n) is 0.950. The second-order valence-corrected chi connectivity index (χ2v) is 4.74. The molecule has 0 aliphatic carbocycles. The minimum Gasteiger partial charge on any atom is -0.296 e. The van der Waals surface area contributed by atoms with Crippen LogP contribution in [-0.2, 0) is 9.84 Å². The van der Waals surface area contributed by atoms with Gasteiger partial charge in [0.2, 0.25) is 0 Å². The summed E-state index contributed by atoms with van der Waals surface area (Å²) in [6.45, 7) is 0. The van der Waals surface area contributed by atoms with Crippen molar-refractivity contribution in [2.75, 3.05) is 13.3 Å². The molecule has 0 atom stereocenters. The molecule has 0 N–H and O–H groups in total. The van der Waals surface area contributed by atoms with Gasteiger partial charge >= 0.3 is 0 Å². The Balaban J connectivity index is 3.08. The lowest BCUT2D eigenvalue weighted by atomic mass is 10.2. The van der Waals surface area contributed by atoms with Gasteiger partial charge in [-0.05, 0) is 17.7 Å². The molecule has 0 amide bonds. The lowest BCUT2D eigenvalue weighted by Gasteiger charge is -1.97. The molecular formula is C9H11NO2S. The molecule has 0 saturated heterocycles. The third kappa shape index (κ3) is 2.66. The van der Waals surface area contributed by atoms with E-state index in [1.165, 1.54) is 6.26 Å². The summed E-state index contributed by atoms with van der Waals surface area (Å²) in [6, 6.07) is 6.60. The van der Waals surface area contributed by atoms with Crippen molar-refractivity contribution in [3.8, 4) is 0 Å². The molecule has 4 heteroatoms. The largest absolute Gasteiger partial charge is 0.296 e. The number of hydrogen-bond donors (Lipinski definition) is 0. The molecule has 1 aromatic rings. The number of benzene rings is 1. The quantitative estimate of drug-likeness (QED) is 0.667. The molecule has 0 saturated carbocycles. The van der Waals surface area contributed by atoms with Crippen molar-refractivity contribution in [1.82, 2.24) is 0 Å². The van der Waals surface area contributed by atoms with Crippen molar-refractivity contribution in [3.63, 3.8) is 0 Å². The number of nitrogens with zero attached hydrogens (tertiary/aromatic N) is 1. The van der Waals surface area contributed by atoms with Crippen molar-refractivity contribution in [2.24, 2.45) is 4.99 Å². The van der Waals surface area contributed by atoms with E-state index >= 15 is 0 Å². The Morgan fingerprint density at radius 2 is 1.77 bits per heavy atom. The Morgan fingerprint density at radius 3 is 2.15 bits per heavy atom. The van der Waals surface area contributed by atoms with Crippen LogP contribution in [0.25, 0.3) is 0 Å². The molecule has 0 fully saturated rings. The minimum absolute atomic E-state index is 0.334. The highest BCUT2D eigenvalue weighted by Gasteiger charge is 2.04. The zero-order chi connectivity index (χ0) is 9.90. The highest BCUT2D eigenvalue weighted by atomic mass is 32.2. The Labute approximate surface area is 78.0 Å². The lowest BCUT2D eigenvalue weighted by molar-refractivity contribution is 0.602. The number of rotatable bonds is 2. The van der Waals surface area contributed by atoms with E-state index in [0.29, 0.717) is 4.90 Å². The summed E-state index contributed by atoms with van der Waals surface area (Å²) in [7, 11) is -1.41. The first kappa shape index (κ1) is 9.92. The van der Waals surface area contributed by atoms with Crippen LogP contribution in [0.15, 0.2) is 34.2 Å². The lowest BCUT2D eigenvalue weighted by Crippen LogP contribution is -1.96. The van der Waals surface area contributed by atoms with Crippen molar-refractivity contribution in [1.29, 1.82) is 0 Å². The van der Waals surface area contributed by atoms with Gasteiger partial charge in [-0.3, -0.25) is 4.99 Å². The normalized spacial score (nSPS) is 12.2. The monoisotopic (exact) mass is 197 g/mol. The molecule has 0 aliphatic heterocycles. The summed E-state index contributed by atoms with van der Waals surface area (Å²) in [5.41, 5.74) is 0.898. The van der Waals surface area contributed by atoms with Gasteiger partial charge in [0.25, 0.3) is 0 Å². The van der Waals surface area contributed by atoms with Crippen LogP contribution in [0.2, 0.25) is 0 Å². The molecule has 3 nitrogen and oxygen atoms in total. The van der Waals surface area contributed by atoms with Gasteiger partial charge in [-0.1, -0.05) is 12.1 Å². The van der Waals surface area contributed by atoms with Crippen LogP contribution >= 0.6 is 0 Å². The van der Waals surface area contributed by atoms with Gasteiger partial charge in [0.1, 0.15) is 0 Å². The average Bonchev–Trinajstić information content (AvgIpc) is 2.04. The molecule has 13 heavy (non-hydrogen) atoms. The van der Waals surface area contributed by atoms with E-state index < -0.39 is 9.84 Å². The van der Waals surface area contributed by atoms with E-state index in [0.717, 1.165) is 5.56 Å². The third-order valence-corrected chi connectivity index (χ3v) is 2.71. The second kappa shape index (κ2) is 3.70. The average molecular weight is 197 g/mol. The number of aliphatic imine (C=N–C) groups is 1. The number of hydrogen-bond acceptors (Lipinski definition) is 3. The molecule has 0 heterocycles. The smallest absolute Gasteiger partial charge is 0.175 e. The first-order valence-electron chi connectivity index (χ1n) is 3.76.